The van der Waals surface area contributed by atoms with Crippen molar-refractivity contribution >= 4 is 35.0 Å². The molecule has 0 spiro atoms. The molecule has 3 aromatic heterocycles. The Labute approximate surface area is 187 Å². The molecule has 1 amide bonds. The summed E-state index contributed by atoms with van der Waals surface area (Å²) >= 11 is 0. The number of hydrogen-bond acceptors (Lipinski definition) is 4. The summed E-state index contributed by atoms with van der Waals surface area (Å²) in [6, 6.07) is 18.0. The van der Waals surface area contributed by atoms with Gasteiger partial charge in [-0.1, -0.05) is 24.3 Å². The molecule has 1 saturated heterocycles. The van der Waals surface area contributed by atoms with Gasteiger partial charge >= 0.3 is 0 Å². The van der Waals surface area contributed by atoms with E-state index in [-0.39, 0.29) is 18.3 Å². The van der Waals surface area contributed by atoms with Crippen molar-refractivity contribution < 1.29 is 4.79 Å². The zero-order chi connectivity index (χ0) is 20.5. The molecule has 6 nitrogen and oxygen atoms in total. The lowest BCUT2D eigenvalue weighted by molar-refractivity contribution is 0.0749. The summed E-state index contributed by atoms with van der Waals surface area (Å²) in [6.45, 7) is 2.90. The van der Waals surface area contributed by atoms with Crippen LogP contribution >= 0.6 is 12.4 Å². The summed E-state index contributed by atoms with van der Waals surface area (Å²) in [5, 5.41) is 0.990. The van der Waals surface area contributed by atoms with Crippen molar-refractivity contribution in [3.8, 4) is 11.3 Å². The number of nitrogens with zero attached hydrogens (tertiary/aromatic N) is 5. The van der Waals surface area contributed by atoms with E-state index in [1.165, 1.54) is 0 Å². The first kappa shape index (κ1) is 20.9. The Morgan fingerprint density at radius 1 is 0.871 bits per heavy atom. The number of halogens is 1. The van der Waals surface area contributed by atoms with Crippen LogP contribution in [0.4, 0.5) is 5.82 Å². The van der Waals surface area contributed by atoms with Gasteiger partial charge in [0.05, 0.1) is 11.3 Å². The number of benzene rings is 1. The van der Waals surface area contributed by atoms with Crippen LogP contribution in [0, 0.1) is 0 Å². The second kappa shape index (κ2) is 8.78. The highest BCUT2D eigenvalue weighted by molar-refractivity contribution is 6.12. The molecule has 7 heteroatoms. The van der Waals surface area contributed by atoms with E-state index in [0.29, 0.717) is 13.1 Å². The highest BCUT2D eigenvalue weighted by Crippen LogP contribution is 2.34. The molecule has 0 N–H and O–H groups in total. The van der Waals surface area contributed by atoms with Crippen LogP contribution in [0.3, 0.4) is 0 Å². The van der Waals surface area contributed by atoms with E-state index in [4.69, 9.17) is 0 Å². The topological polar surface area (TPSA) is 54.3 Å². The van der Waals surface area contributed by atoms with Crippen LogP contribution in [0.15, 0.2) is 73.2 Å². The zero-order valence-corrected chi connectivity index (χ0v) is 18.1. The molecule has 1 aliphatic heterocycles. The van der Waals surface area contributed by atoms with Gasteiger partial charge in [0.1, 0.15) is 5.82 Å². The van der Waals surface area contributed by atoms with Gasteiger partial charge in [-0.3, -0.25) is 9.78 Å². The molecule has 158 valence electrons. The number of para-hydroxylation sites is 1. The van der Waals surface area contributed by atoms with Crippen LogP contribution in [0.25, 0.3) is 22.2 Å². The zero-order valence-electron chi connectivity index (χ0n) is 17.3. The van der Waals surface area contributed by atoms with Gasteiger partial charge in [-0.05, 0) is 30.3 Å². The number of rotatable bonds is 3. The monoisotopic (exact) mass is 433 g/mol. The second-order valence-corrected chi connectivity index (χ2v) is 7.50. The smallest absolute Gasteiger partial charge is 0.256 e. The molecule has 4 heterocycles. The molecule has 0 unspecified atom stereocenters. The van der Waals surface area contributed by atoms with E-state index in [0.717, 1.165) is 46.6 Å². The predicted molar refractivity (Wildman–Crippen MR) is 126 cm³/mol. The van der Waals surface area contributed by atoms with Crippen LogP contribution in [-0.2, 0) is 7.05 Å². The minimum absolute atomic E-state index is 0. The van der Waals surface area contributed by atoms with Crippen molar-refractivity contribution in [3.05, 3.63) is 78.8 Å². The maximum atomic E-state index is 13.7. The predicted octanol–water partition coefficient (Wildman–Crippen LogP) is 4.02. The van der Waals surface area contributed by atoms with E-state index in [1.807, 2.05) is 66.7 Å². The first-order chi connectivity index (χ1) is 14.7. The van der Waals surface area contributed by atoms with Crippen molar-refractivity contribution in [1.29, 1.82) is 0 Å². The highest BCUT2D eigenvalue weighted by atomic mass is 35.5. The van der Waals surface area contributed by atoms with Crippen LogP contribution in [-0.4, -0.2) is 51.5 Å². The molecule has 4 aromatic rings. The SMILES string of the molecule is Cl.Cn1c(-c2ccncc2)c(C(=O)N2CCN(c3ccccn3)CC2)c2ccccc21. The van der Waals surface area contributed by atoms with Crippen molar-refractivity contribution in [1.82, 2.24) is 19.4 Å². The molecule has 1 fully saturated rings. The Morgan fingerprint density at radius 2 is 1.58 bits per heavy atom. The molecule has 0 aliphatic carbocycles. The number of piperazine rings is 1. The highest BCUT2D eigenvalue weighted by Gasteiger charge is 2.28. The van der Waals surface area contributed by atoms with Gasteiger partial charge in [0, 0.05) is 68.3 Å². The van der Waals surface area contributed by atoms with Crippen LogP contribution in [0.1, 0.15) is 10.4 Å². The number of hydrogen-bond donors (Lipinski definition) is 0. The van der Waals surface area contributed by atoms with Crippen molar-refractivity contribution in [2.45, 2.75) is 0 Å². The van der Waals surface area contributed by atoms with Gasteiger partial charge in [0.25, 0.3) is 5.91 Å². The third-order valence-electron chi connectivity index (χ3n) is 5.81. The standard InChI is InChI=1S/C24H23N5O.ClH/c1-27-20-7-3-2-6-19(20)22(23(27)18-9-12-25-13-10-18)24(30)29-16-14-28(15-17-29)21-8-4-5-11-26-21;/h2-13H,14-17H2,1H3;1H. The lowest BCUT2D eigenvalue weighted by atomic mass is 10.0. The summed E-state index contributed by atoms with van der Waals surface area (Å²) in [5.41, 5.74) is 3.76. The average Bonchev–Trinajstić information content (AvgIpc) is 3.12. The summed E-state index contributed by atoms with van der Waals surface area (Å²) in [5.74, 6) is 1.05. The van der Waals surface area contributed by atoms with E-state index in [1.54, 1.807) is 12.4 Å². The summed E-state index contributed by atoms with van der Waals surface area (Å²) in [6.07, 6.45) is 5.35. The number of amides is 1. The number of carbonyl (C=O) groups is 1. The number of anilines is 1. The number of pyridine rings is 2. The minimum atomic E-state index is 0. The van der Waals surface area contributed by atoms with E-state index in [9.17, 15) is 4.79 Å². The maximum absolute atomic E-state index is 13.7. The Kier molecular flexibility index (Phi) is 5.91. The van der Waals surface area contributed by atoms with Crippen LogP contribution < -0.4 is 4.90 Å². The summed E-state index contributed by atoms with van der Waals surface area (Å²) in [4.78, 5) is 26.5. The molecule has 1 aromatic carbocycles. The number of fused-ring (bicyclic) bond motifs is 1. The van der Waals surface area contributed by atoms with Gasteiger partial charge in [-0.2, -0.15) is 0 Å². The number of carbonyl (C=O) groups excluding carboxylic acids is 1. The number of aryl methyl sites for hydroxylation is 1. The normalized spacial score (nSPS) is 13.8. The van der Waals surface area contributed by atoms with Crippen molar-refractivity contribution in [3.63, 3.8) is 0 Å². The minimum Gasteiger partial charge on any atom is -0.353 e. The van der Waals surface area contributed by atoms with Gasteiger partial charge in [-0.25, -0.2) is 4.98 Å². The molecule has 1 aliphatic rings. The molecular weight excluding hydrogens is 410 g/mol. The maximum Gasteiger partial charge on any atom is 0.256 e. The molecule has 31 heavy (non-hydrogen) atoms. The van der Waals surface area contributed by atoms with Gasteiger partial charge < -0.3 is 14.4 Å². The Balaban J connectivity index is 0.00000231. The summed E-state index contributed by atoms with van der Waals surface area (Å²) in [7, 11) is 2.02. The molecule has 0 bridgehead atoms. The Hall–Kier alpha value is -3.38. The third-order valence-corrected chi connectivity index (χ3v) is 5.81. The molecule has 5 rings (SSSR count). The van der Waals surface area contributed by atoms with Crippen molar-refractivity contribution in [2.75, 3.05) is 31.1 Å². The molecular formula is C24H24ClN5O. The van der Waals surface area contributed by atoms with Crippen LogP contribution in [0.2, 0.25) is 0 Å². The van der Waals surface area contributed by atoms with E-state index < -0.39 is 0 Å². The lowest BCUT2D eigenvalue weighted by Gasteiger charge is -2.35. The third kappa shape index (κ3) is 3.75. The Morgan fingerprint density at radius 3 is 2.29 bits per heavy atom. The Bertz CT molecular complexity index is 1180. The first-order valence-corrected chi connectivity index (χ1v) is 10.2. The first-order valence-electron chi connectivity index (χ1n) is 10.2. The van der Waals surface area contributed by atoms with E-state index >= 15 is 0 Å². The largest absolute Gasteiger partial charge is 0.353 e. The van der Waals surface area contributed by atoms with Crippen LogP contribution in [0.5, 0.6) is 0 Å². The lowest BCUT2D eigenvalue weighted by Crippen LogP contribution is -2.49. The summed E-state index contributed by atoms with van der Waals surface area (Å²) < 4.78 is 2.11. The molecule has 0 saturated carbocycles. The van der Waals surface area contributed by atoms with Crippen molar-refractivity contribution in [2.24, 2.45) is 7.05 Å². The quantitative estimate of drug-likeness (QED) is 0.489. The van der Waals surface area contributed by atoms with E-state index in [2.05, 4.69) is 25.5 Å². The fourth-order valence-electron chi connectivity index (χ4n) is 4.30. The van der Waals surface area contributed by atoms with Gasteiger partial charge in [0.2, 0.25) is 0 Å². The van der Waals surface area contributed by atoms with Gasteiger partial charge in [-0.15, -0.1) is 12.4 Å². The fraction of sp³-hybridized carbons (Fsp3) is 0.208. The molecule has 0 radical (unpaired) electrons. The number of aromatic nitrogens is 3. The fourth-order valence-corrected chi connectivity index (χ4v) is 4.30. The molecule has 0 atom stereocenters. The van der Waals surface area contributed by atoms with Gasteiger partial charge in [0.15, 0.2) is 0 Å². The second-order valence-electron chi connectivity index (χ2n) is 7.50. The average molecular weight is 434 g/mol.